The van der Waals surface area contributed by atoms with Gasteiger partial charge in [0.05, 0.1) is 12.3 Å². The fourth-order valence-corrected chi connectivity index (χ4v) is 3.49. The molecule has 9 nitrogen and oxygen atoms in total. The number of hydrogen-bond donors (Lipinski definition) is 3. The van der Waals surface area contributed by atoms with Gasteiger partial charge in [0.15, 0.2) is 5.03 Å². The van der Waals surface area contributed by atoms with Gasteiger partial charge in [-0.25, -0.2) is 23.6 Å². The van der Waals surface area contributed by atoms with Crippen molar-refractivity contribution in [1.82, 2.24) is 14.7 Å². The number of carboxylic acid groups (broad SMARTS) is 1. The monoisotopic (exact) mass is 327 g/mol. The van der Waals surface area contributed by atoms with Crippen molar-refractivity contribution < 1.29 is 18.3 Å². The first kappa shape index (κ1) is 16.3. The molecular weight excluding hydrogens is 310 g/mol. The smallest absolute Gasteiger partial charge is 0.425 e. The van der Waals surface area contributed by atoms with Crippen LogP contribution in [0.4, 0.5) is 4.79 Å². The van der Waals surface area contributed by atoms with Crippen LogP contribution in [0.1, 0.15) is 12.8 Å². The van der Waals surface area contributed by atoms with Crippen molar-refractivity contribution in [1.29, 1.82) is 0 Å². The van der Waals surface area contributed by atoms with Crippen LogP contribution in [0.5, 0.6) is 0 Å². The van der Waals surface area contributed by atoms with Gasteiger partial charge in [-0.2, -0.15) is 9.41 Å². The predicted octanol–water partition coefficient (Wildman–Crippen LogP) is -0.183. The van der Waals surface area contributed by atoms with Gasteiger partial charge < -0.3 is 10.8 Å². The Bertz CT molecular complexity index is 661. The van der Waals surface area contributed by atoms with Crippen LogP contribution < -0.4 is 11.2 Å². The highest BCUT2D eigenvalue weighted by Gasteiger charge is 2.30. The molecule has 0 saturated carbocycles. The largest absolute Gasteiger partial charge is 0.464 e. The van der Waals surface area contributed by atoms with Crippen molar-refractivity contribution in [3.05, 3.63) is 24.4 Å². The number of aromatic nitrogens is 1. The second-order valence-electron chi connectivity index (χ2n) is 4.78. The van der Waals surface area contributed by atoms with E-state index in [0.717, 1.165) is 0 Å². The lowest BCUT2D eigenvalue weighted by atomic mass is 10.1. The normalized spacial score (nSPS) is 22.2. The number of hydrazone groups is 1. The summed E-state index contributed by atoms with van der Waals surface area (Å²) >= 11 is 0. The van der Waals surface area contributed by atoms with Gasteiger partial charge in [-0.3, -0.25) is 0 Å². The number of amides is 1. The van der Waals surface area contributed by atoms with E-state index in [1.807, 2.05) is 5.43 Å². The van der Waals surface area contributed by atoms with E-state index in [1.54, 1.807) is 12.1 Å². The molecule has 1 aliphatic rings. The SMILES string of the molecule is NC1CCCN(S(=O)(=O)c2ccccn2)C/C1=N\NC(=O)O. The molecule has 1 aliphatic heterocycles. The molecule has 0 bridgehead atoms. The fourth-order valence-electron chi connectivity index (χ4n) is 2.11. The summed E-state index contributed by atoms with van der Waals surface area (Å²) in [4.78, 5) is 14.4. The summed E-state index contributed by atoms with van der Waals surface area (Å²) in [5.41, 5.74) is 8.06. The molecule has 0 aliphatic carbocycles. The summed E-state index contributed by atoms with van der Waals surface area (Å²) in [5, 5.41) is 12.2. The van der Waals surface area contributed by atoms with Gasteiger partial charge in [0.25, 0.3) is 10.0 Å². The molecule has 2 rings (SSSR count). The number of rotatable bonds is 3. The molecule has 1 amide bonds. The highest BCUT2D eigenvalue weighted by molar-refractivity contribution is 7.89. The number of carbonyl (C=O) groups is 1. The maximum atomic E-state index is 12.6. The Labute approximate surface area is 127 Å². The molecular formula is C12H17N5O4S. The van der Waals surface area contributed by atoms with Gasteiger partial charge in [-0.05, 0) is 25.0 Å². The lowest BCUT2D eigenvalue weighted by Gasteiger charge is -2.20. The molecule has 4 N–H and O–H groups in total. The summed E-state index contributed by atoms with van der Waals surface area (Å²) in [7, 11) is -3.77. The van der Waals surface area contributed by atoms with Gasteiger partial charge in [-0.15, -0.1) is 0 Å². The number of sulfonamides is 1. The molecule has 1 saturated heterocycles. The second kappa shape index (κ2) is 6.81. The van der Waals surface area contributed by atoms with Crippen LogP contribution in [0.3, 0.4) is 0 Å². The van der Waals surface area contributed by atoms with E-state index in [9.17, 15) is 13.2 Å². The van der Waals surface area contributed by atoms with E-state index in [2.05, 4.69) is 10.1 Å². The predicted molar refractivity (Wildman–Crippen MR) is 78.8 cm³/mol. The molecule has 1 atom stereocenters. The average Bonchev–Trinajstić information content (AvgIpc) is 2.68. The average molecular weight is 327 g/mol. The molecule has 0 radical (unpaired) electrons. The Morgan fingerprint density at radius 3 is 2.91 bits per heavy atom. The van der Waals surface area contributed by atoms with Crippen LogP contribution >= 0.6 is 0 Å². The third kappa shape index (κ3) is 3.78. The molecule has 1 fully saturated rings. The summed E-state index contributed by atoms with van der Waals surface area (Å²) in [6, 6.07) is 4.13. The van der Waals surface area contributed by atoms with Gasteiger partial charge in [0.1, 0.15) is 0 Å². The van der Waals surface area contributed by atoms with Crippen molar-refractivity contribution in [2.75, 3.05) is 13.1 Å². The Hall–Kier alpha value is -2.04. The van der Waals surface area contributed by atoms with Gasteiger partial charge in [0, 0.05) is 18.8 Å². The van der Waals surface area contributed by atoms with Gasteiger partial charge in [0.2, 0.25) is 0 Å². The van der Waals surface area contributed by atoms with Gasteiger partial charge >= 0.3 is 6.09 Å². The van der Waals surface area contributed by atoms with E-state index in [4.69, 9.17) is 10.8 Å². The molecule has 0 spiro atoms. The number of pyridine rings is 1. The minimum absolute atomic E-state index is 0.0592. The lowest BCUT2D eigenvalue weighted by molar-refractivity contribution is 0.195. The second-order valence-corrected chi connectivity index (χ2v) is 6.66. The van der Waals surface area contributed by atoms with Crippen LogP contribution in [-0.4, -0.2) is 53.7 Å². The molecule has 0 aromatic carbocycles. The van der Waals surface area contributed by atoms with Crippen LogP contribution in [-0.2, 0) is 10.0 Å². The first-order valence-corrected chi connectivity index (χ1v) is 8.07. The number of nitrogens with zero attached hydrogens (tertiary/aromatic N) is 3. The van der Waals surface area contributed by atoms with Crippen LogP contribution in [0.25, 0.3) is 0 Å². The quantitative estimate of drug-likeness (QED) is 0.658. The zero-order valence-corrected chi connectivity index (χ0v) is 12.5. The fraction of sp³-hybridized carbons (Fsp3) is 0.417. The summed E-state index contributed by atoms with van der Waals surface area (Å²) in [5.74, 6) is 0. The number of nitrogens with one attached hydrogen (secondary N) is 1. The molecule has 10 heteroatoms. The topological polar surface area (TPSA) is 138 Å². The summed E-state index contributed by atoms with van der Waals surface area (Å²) in [6.45, 7) is 0.207. The van der Waals surface area contributed by atoms with Crippen molar-refractivity contribution in [2.24, 2.45) is 10.8 Å². The van der Waals surface area contributed by atoms with Crippen LogP contribution in [0, 0.1) is 0 Å². The minimum atomic E-state index is -3.77. The molecule has 120 valence electrons. The molecule has 1 aromatic heterocycles. The zero-order chi connectivity index (χ0) is 16.2. The van der Waals surface area contributed by atoms with E-state index < -0.39 is 22.2 Å². The van der Waals surface area contributed by atoms with E-state index in [-0.39, 0.29) is 23.8 Å². The summed E-state index contributed by atoms with van der Waals surface area (Å²) < 4.78 is 26.3. The van der Waals surface area contributed by atoms with Crippen molar-refractivity contribution in [3.63, 3.8) is 0 Å². The third-order valence-corrected chi connectivity index (χ3v) is 4.99. The Morgan fingerprint density at radius 1 is 1.50 bits per heavy atom. The Kier molecular flexibility index (Phi) is 5.06. The molecule has 22 heavy (non-hydrogen) atoms. The van der Waals surface area contributed by atoms with E-state index in [1.165, 1.54) is 16.6 Å². The summed E-state index contributed by atoms with van der Waals surface area (Å²) in [6.07, 6.45) is 1.15. The van der Waals surface area contributed by atoms with E-state index >= 15 is 0 Å². The van der Waals surface area contributed by atoms with Crippen molar-refractivity contribution in [2.45, 2.75) is 23.9 Å². The van der Waals surface area contributed by atoms with Crippen LogP contribution in [0.2, 0.25) is 0 Å². The van der Waals surface area contributed by atoms with Gasteiger partial charge in [-0.1, -0.05) is 6.07 Å². The Morgan fingerprint density at radius 2 is 2.27 bits per heavy atom. The molecule has 2 heterocycles. The highest BCUT2D eigenvalue weighted by Crippen LogP contribution is 2.17. The maximum absolute atomic E-state index is 12.6. The first-order valence-electron chi connectivity index (χ1n) is 6.63. The first-order chi connectivity index (χ1) is 10.4. The Balaban J connectivity index is 2.27. The number of nitrogens with two attached hydrogens (primary N) is 1. The minimum Gasteiger partial charge on any atom is -0.464 e. The van der Waals surface area contributed by atoms with Crippen LogP contribution in [0.15, 0.2) is 34.5 Å². The highest BCUT2D eigenvalue weighted by atomic mass is 32.2. The molecule has 1 aromatic rings. The van der Waals surface area contributed by atoms with Crippen molar-refractivity contribution >= 4 is 21.8 Å². The third-order valence-electron chi connectivity index (χ3n) is 3.23. The maximum Gasteiger partial charge on any atom is 0.425 e. The molecule has 1 unspecified atom stereocenters. The number of hydrogen-bond acceptors (Lipinski definition) is 6. The lowest BCUT2D eigenvalue weighted by Crippen LogP contribution is -2.41. The van der Waals surface area contributed by atoms with E-state index in [0.29, 0.717) is 12.8 Å². The standard InChI is InChI=1S/C12H17N5O4S/c13-9-4-3-7-17(8-10(9)15-16-12(18)19)22(20,21)11-5-1-2-6-14-11/h1-2,5-6,9,16H,3-4,7-8,13H2,(H,18,19)/b15-10+. The van der Waals surface area contributed by atoms with Crippen molar-refractivity contribution in [3.8, 4) is 0 Å². The zero-order valence-electron chi connectivity index (χ0n) is 11.7.